The van der Waals surface area contributed by atoms with Gasteiger partial charge in [0.2, 0.25) is 5.91 Å². The molecule has 1 saturated heterocycles. The summed E-state index contributed by atoms with van der Waals surface area (Å²) in [6.07, 6.45) is 11.2. The second kappa shape index (κ2) is 8.10. The van der Waals surface area contributed by atoms with Crippen molar-refractivity contribution in [2.45, 2.75) is 63.8 Å². The normalized spacial score (nSPS) is 31.7. The van der Waals surface area contributed by atoms with Crippen molar-refractivity contribution in [2.24, 2.45) is 23.2 Å². The number of fused-ring (bicyclic) bond motifs is 1. The Kier molecular flexibility index (Phi) is 5.15. The SMILES string of the molecule is COC(=O)C1CCCN1C(=O)c1cn2c(NC(=O)CC34CC5CC(CC(C5)C3)C4)cccc2n1. The third-order valence-corrected chi connectivity index (χ3v) is 8.67. The minimum atomic E-state index is -0.568. The van der Waals surface area contributed by atoms with E-state index in [1.54, 1.807) is 15.5 Å². The summed E-state index contributed by atoms with van der Waals surface area (Å²) in [5.41, 5.74) is 1.02. The molecule has 8 nitrogen and oxygen atoms in total. The second-order valence-corrected chi connectivity index (χ2v) is 11.1. The van der Waals surface area contributed by atoms with Gasteiger partial charge in [-0.05, 0) is 86.7 Å². The number of pyridine rings is 1. The first-order chi connectivity index (χ1) is 16.4. The number of esters is 1. The van der Waals surface area contributed by atoms with Crippen LogP contribution in [0.1, 0.15) is 68.3 Å². The number of amides is 2. The molecule has 5 aliphatic rings. The van der Waals surface area contributed by atoms with Crippen molar-refractivity contribution in [1.82, 2.24) is 14.3 Å². The lowest BCUT2D eigenvalue weighted by molar-refractivity contribution is -0.145. The summed E-state index contributed by atoms with van der Waals surface area (Å²) < 4.78 is 6.62. The summed E-state index contributed by atoms with van der Waals surface area (Å²) >= 11 is 0. The molecule has 4 saturated carbocycles. The maximum atomic E-state index is 13.2. The van der Waals surface area contributed by atoms with Gasteiger partial charge in [0, 0.05) is 19.2 Å². The number of imidazole rings is 1. The average molecular weight is 465 g/mol. The van der Waals surface area contributed by atoms with Crippen LogP contribution in [0.2, 0.25) is 0 Å². The lowest BCUT2D eigenvalue weighted by Crippen LogP contribution is -2.47. The smallest absolute Gasteiger partial charge is 0.328 e. The van der Waals surface area contributed by atoms with Crippen molar-refractivity contribution >= 4 is 29.2 Å². The Bertz CT molecular complexity index is 1120. The molecule has 1 aliphatic heterocycles. The van der Waals surface area contributed by atoms with Gasteiger partial charge in [-0.2, -0.15) is 0 Å². The molecule has 34 heavy (non-hydrogen) atoms. The number of nitrogens with zero attached hydrogens (tertiary/aromatic N) is 3. The topological polar surface area (TPSA) is 93.0 Å². The van der Waals surface area contributed by atoms with E-state index in [1.165, 1.54) is 45.6 Å². The molecule has 3 heterocycles. The van der Waals surface area contributed by atoms with Crippen molar-refractivity contribution < 1.29 is 19.1 Å². The van der Waals surface area contributed by atoms with Crippen molar-refractivity contribution in [3.63, 3.8) is 0 Å². The number of likely N-dealkylation sites (tertiary alicyclic amines) is 1. The number of hydrogen-bond acceptors (Lipinski definition) is 5. The van der Waals surface area contributed by atoms with E-state index in [4.69, 9.17) is 4.74 Å². The zero-order valence-corrected chi connectivity index (χ0v) is 19.7. The van der Waals surface area contributed by atoms with Gasteiger partial charge >= 0.3 is 5.97 Å². The number of nitrogens with one attached hydrogen (secondary N) is 1. The van der Waals surface area contributed by atoms with Crippen molar-refractivity contribution in [3.05, 3.63) is 30.1 Å². The number of anilines is 1. The van der Waals surface area contributed by atoms with Gasteiger partial charge in [0.15, 0.2) is 0 Å². The van der Waals surface area contributed by atoms with E-state index in [-0.39, 0.29) is 22.9 Å². The standard InChI is InChI=1S/C26H32N4O4/c1-34-25(33)20-4-3-7-29(20)24(32)19-15-30-21(27-19)5-2-6-22(30)28-23(31)14-26-11-16-8-17(12-26)10-18(9-16)13-26/h2,5-6,15-18,20H,3-4,7-14H2,1H3,(H,28,31). The van der Waals surface area contributed by atoms with Crippen LogP contribution >= 0.6 is 0 Å². The number of aromatic nitrogens is 2. The minimum absolute atomic E-state index is 0.0429. The Balaban J connectivity index is 1.20. The maximum absolute atomic E-state index is 13.2. The predicted molar refractivity (Wildman–Crippen MR) is 125 cm³/mol. The zero-order valence-electron chi connectivity index (χ0n) is 19.7. The van der Waals surface area contributed by atoms with E-state index in [0.717, 1.165) is 24.2 Å². The van der Waals surface area contributed by atoms with E-state index in [0.29, 0.717) is 30.9 Å². The lowest BCUT2D eigenvalue weighted by atomic mass is 9.49. The van der Waals surface area contributed by atoms with Crippen molar-refractivity contribution in [2.75, 3.05) is 19.0 Å². The molecule has 1 unspecified atom stereocenters. The molecule has 0 spiro atoms. The van der Waals surface area contributed by atoms with Crippen LogP contribution in [0, 0.1) is 23.2 Å². The van der Waals surface area contributed by atoms with Crippen LogP contribution in [0.3, 0.4) is 0 Å². The van der Waals surface area contributed by atoms with Crippen LogP contribution in [-0.2, 0) is 14.3 Å². The molecule has 0 radical (unpaired) electrons. The summed E-state index contributed by atoms with van der Waals surface area (Å²) in [6.45, 7) is 0.501. The fourth-order valence-corrected chi connectivity index (χ4v) is 7.79. The molecular formula is C26H32N4O4. The third kappa shape index (κ3) is 3.67. The number of ether oxygens (including phenoxy) is 1. The van der Waals surface area contributed by atoms with Gasteiger partial charge in [-0.1, -0.05) is 6.07 Å². The van der Waals surface area contributed by atoms with Crippen LogP contribution in [-0.4, -0.2) is 51.8 Å². The Morgan fingerprint density at radius 1 is 1.12 bits per heavy atom. The predicted octanol–water partition coefficient (Wildman–Crippen LogP) is 3.66. The zero-order chi connectivity index (χ0) is 23.4. The summed E-state index contributed by atoms with van der Waals surface area (Å²) in [7, 11) is 1.34. The third-order valence-electron chi connectivity index (χ3n) is 8.67. The van der Waals surface area contributed by atoms with Crippen LogP contribution in [0.5, 0.6) is 0 Å². The summed E-state index contributed by atoms with van der Waals surface area (Å²) in [5, 5.41) is 3.10. The molecule has 4 bridgehead atoms. The highest BCUT2D eigenvalue weighted by Crippen LogP contribution is 2.61. The first-order valence-electron chi connectivity index (χ1n) is 12.6. The van der Waals surface area contributed by atoms with E-state index in [1.807, 2.05) is 18.2 Å². The van der Waals surface area contributed by atoms with Gasteiger partial charge in [0.05, 0.1) is 7.11 Å². The first-order valence-corrected chi connectivity index (χ1v) is 12.6. The average Bonchev–Trinajstić information content (AvgIpc) is 3.45. The highest BCUT2D eigenvalue weighted by molar-refractivity contribution is 5.96. The van der Waals surface area contributed by atoms with Crippen LogP contribution < -0.4 is 5.32 Å². The lowest BCUT2D eigenvalue weighted by Gasteiger charge is -2.56. The Labute approximate surface area is 199 Å². The molecule has 2 aromatic rings. The van der Waals surface area contributed by atoms with Gasteiger partial charge in [-0.3, -0.25) is 14.0 Å². The molecule has 2 amide bonds. The molecule has 2 aromatic heterocycles. The second-order valence-electron chi connectivity index (χ2n) is 11.1. The van der Waals surface area contributed by atoms with E-state index < -0.39 is 12.0 Å². The molecule has 1 atom stereocenters. The maximum Gasteiger partial charge on any atom is 0.328 e. The molecular weight excluding hydrogens is 432 g/mol. The summed E-state index contributed by atoms with van der Waals surface area (Å²) in [4.78, 5) is 44.4. The van der Waals surface area contributed by atoms with Crippen LogP contribution in [0.4, 0.5) is 5.82 Å². The number of carbonyl (C=O) groups is 3. The van der Waals surface area contributed by atoms with Gasteiger partial charge in [0.1, 0.15) is 23.2 Å². The fourth-order valence-electron chi connectivity index (χ4n) is 7.79. The Morgan fingerprint density at radius 2 is 1.82 bits per heavy atom. The van der Waals surface area contributed by atoms with E-state index in [2.05, 4.69) is 10.3 Å². The van der Waals surface area contributed by atoms with Crippen molar-refractivity contribution in [3.8, 4) is 0 Å². The highest BCUT2D eigenvalue weighted by Gasteiger charge is 2.51. The molecule has 180 valence electrons. The Morgan fingerprint density at radius 3 is 2.50 bits per heavy atom. The molecule has 7 rings (SSSR count). The number of methoxy groups -OCH3 is 1. The van der Waals surface area contributed by atoms with Crippen LogP contribution in [0.25, 0.3) is 5.65 Å². The number of carbonyl (C=O) groups excluding carboxylic acids is 3. The number of hydrogen-bond donors (Lipinski definition) is 1. The highest BCUT2D eigenvalue weighted by atomic mass is 16.5. The van der Waals surface area contributed by atoms with Gasteiger partial charge in [-0.25, -0.2) is 9.78 Å². The van der Waals surface area contributed by atoms with E-state index >= 15 is 0 Å². The first kappa shape index (κ1) is 21.6. The molecule has 4 aliphatic carbocycles. The van der Waals surface area contributed by atoms with Gasteiger partial charge in [-0.15, -0.1) is 0 Å². The summed E-state index contributed by atoms with van der Waals surface area (Å²) in [6, 6.07) is 4.92. The fraction of sp³-hybridized carbons (Fsp3) is 0.615. The quantitative estimate of drug-likeness (QED) is 0.682. The number of rotatable bonds is 5. The van der Waals surface area contributed by atoms with Gasteiger partial charge in [0.25, 0.3) is 5.91 Å². The van der Waals surface area contributed by atoms with Crippen molar-refractivity contribution in [1.29, 1.82) is 0 Å². The van der Waals surface area contributed by atoms with Gasteiger partial charge < -0.3 is 15.0 Å². The molecule has 0 aromatic carbocycles. The van der Waals surface area contributed by atoms with Crippen LogP contribution in [0.15, 0.2) is 24.4 Å². The minimum Gasteiger partial charge on any atom is -0.467 e. The largest absolute Gasteiger partial charge is 0.467 e. The Hall–Kier alpha value is -2.90. The molecule has 1 N–H and O–H groups in total. The van der Waals surface area contributed by atoms with E-state index in [9.17, 15) is 14.4 Å². The molecule has 8 heteroatoms. The molecule has 5 fully saturated rings. The summed E-state index contributed by atoms with van der Waals surface area (Å²) in [5.74, 6) is 2.40. The monoisotopic (exact) mass is 464 g/mol.